The summed E-state index contributed by atoms with van der Waals surface area (Å²) in [7, 11) is 1.46. The third-order valence-electron chi connectivity index (χ3n) is 2.03. The number of carbonyl (C=O) groups is 1. The van der Waals surface area contributed by atoms with Gasteiger partial charge in [0.05, 0.1) is 16.6 Å². The molecule has 0 spiro atoms. The zero-order valence-electron chi connectivity index (χ0n) is 8.73. The topological polar surface area (TPSA) is 49.3 Å². The van der Waals surface area contributed by atoms with Gasteiger partial charge in [-0.15, -0.1) is 0 Å². The minimum Gasteiger partial charge on any atom is -0.507 e. The second-order valence-electron chi connectivity index (χ2n) is 3.30. The van der Waals surface area contributed by atoms with Crippen LogP contribution in [0.3, 0.4) is 0 Å². The SMILES string of the molecule is CNCC(=O)c1cc(Br)c(O)cc1C(F)(F)F. The number of hydrogen-bond donors (Lipinski definition) is 2. The number of Topliss-reactive ketones (excluding diaryl/α,β-unsaturated/α-hetero) is 1. The number of phenolic OH excluding ortho intramolecular Hbond substituents is 1. The highest BCUT2D eigenvalue weighted by Crippen LogP contribution is 2.37. The Kier molecular flexibility index (Phi) is 4.16. The van der Waals surface area contributed by atoms with Gasteiger partial charge in [-0.1, -0.05) is 0 Å². The molecule has 1 aromatic carbocycles. The Bertz CT molecular complexity index is 446. The molecule has 1 aromatic rings. The van der Waals surface area contributed by atoms with E-state index in [9.17, 15) is 23.1 Å². The van der Waals surface area contributed by atoms with Gasteiger partial charge in [0.15, 0.2) is 5.78 Å². The molecule has 1 rings (SSSR count). The van der Waals surface area contributed by atoms with Crippen LogP contribution in [0.25, 0.3) is 0 Å². The van der Waals surface area contributed by atoms with Crippen molar-refractivity contribution in [3.63, 3.8) is 0 Å². The Balaban J connectivity index is 3.36. The number of hydrogen-bond acceptors (Lipinski definition) is 3. The molecule has 0 saturated heterocycles. The number of carbonyl (C=O) groups excluding carboxylic acids is 1. The molecule has 0 bridgehead atoms. The van der Waals surface area contributed by atoms with Crippen molar-refractivity contribution >= 4 is 21.7 Å². The van der Waals surface area contributed by atoms with Crippen LogP contribution in [0.15, 0.2) is 16.6 Å². The number of rotatable bonds is 3. The molecule has 0 amide bonds. The molecule has 0 aromatic heterocycles. The van der Waals surface area contributed by atoms with E-state index in [2.05, 4.69) is 21.2 Å². The quantitative estimate of drug-likeness (QED) is 0.844. The molecule has 0 heterocycles. The summed E-state index contributed by atoms with van der Waals surface area (Å²) in [5, 5.41) is 11.7. The van der Waals surface area contributed by atoms with E-state index in [1.807, 2.05) is 0 Å². The molecular weight excluding hydrogens is 303 g/mol. The fourth-order valence-corrected chi connectivity index (χ4v) is 1.63. The van der Waals surface area contributed by atoms with E-state index >= 15 is 0 Å². The van der Waals surface area contributed by atoms with Gasteiger partial charge >= 0.3 is 6.18 Å². The first-order valence-corrected chi connectivity index (χ1v) is 5.34. The number of alkyl halides is 3. The van der Waals surface area contributed by atoms with E-state index in [-0.39, 0.29) is 11.0 Å². The Morgan fingerprint density at radius 3 is 2.53 bits per heavy atom. The van der Waals surface area contributed by atoms with Crippen molar-refractivity contribution in [3.8, 4) is 5.75 Å². The Hall–Kier alpha value is -1.08. The molecule has 17 heavy (non-hydrogen) atoms. The fraction of sp³-hybridized carbons (Fsp3) is 0.300. The van der Waals surface area contributed by atoms with Crippen LogP contribution in [0.1, 0.15) is 15.9 Å². The van der Waals surface area contributed by atoms with Crippen LogP contribution in [0.5, 0.6) is 5.75 Å². The zero-order valence-corrected chi connectivity index (χ0v) is 10.3. The molecule has 7 heteroatoms. The average molecular weight is 312 g/mol. The van der Waals surface area contributed by atoms with Gasteiger partial charge in [-0.2, -0.15) is 13.2 Å². The second kappa shape index (κ2) is 5.05. The predicted molar refractivity (Wildman–Crippen MR) is 59.1 cm³/mol. The number of aromatic hydroxyl groups is 1. The number of nitrogens with one attached hydrogen (secondary N) is 1. The van der Waals surface area contributed by atoms with Gasteiger partial charge in [-0.3, -0.25) is 4.79 Å². The molecule has 0 atom stereocenters. The van der Waals surface area contributed by atoms with Crippen molar-refractivity contribution in [1.29, 1.82) is 0 Å². The summed E-state index contributed by atoms with van der Waals surface area (Å²) in [4.78, 5) is 11.5. The van der Waals surface area contributed by atoms with E-state index in [1.54, 1.807) is 0 Å². The lowest BCUT2D eigenvalue weighted by Crippen LogP contribution is -2.22. The molecule has 0 aliphatic carbocycles. The number of likely N-dealkylation sites (N-methyl/N-ethyl adjacent to an activating group) is 1. The minimum atomic E-state index is -4.68. The van der Waals surface area contributed by atoms with E-state index in [1.165, 1.54) is 7.05 Å². The highest BCUT2D eigenvalue weighted by atomic mass is 79.9. The van der Waals surface area contributed by atoms with Gasteiger partial charge in [0.1, 0.15) is 5.75 Å². The van der Waals surface area contributed by atoms with E-state index in [0.29, 0.717) is 6.07 Å². The van der Waals surface area contributed by atoms with Crippen LogP contribution >= 0.6 is 15.9 Å². The lowest BCUT2D eigenvalue weighted by atomic mass is 10.0. The number of phenols is 1. The molecule has 0 aliphatic heterocycles. The van der Waals surface area contributed by atoms with Gasteiger partial charge in [0, 0.05) is 5.56 Å². The maximum Gasteiger partial charge on any atom is 0.417 e. The monoisotopic (exact) mass is 311 g/mol. The van der Waals surface area contributed by atoms with E-state index in [4.69, 9.17) is 0 Å². The standard InChI is InChI=1S/C10H9BrF3NO2/c1-15-4-9(17)5-2-7(11)8(16)3-6(5)10(12,13)14/h2-3,15-16H,4H2,1H3. The molecule has 0 radical (unpaired) electrons. The summed E-state index contributed by atoms with van der Waals surface area (Å²) in [6.07, 6.45) is -4.68. The Morgan fingerprint density at radius 2 is 2.06 bits per heavy atom. The normalized spacial score (nSPS) is 11.6. The number of halogens is 4. The molecule has 0 unspecified atom stereocenters. The minimum absolute atomic E-state index is 0.0463. The molecule has 0 fully saturated rings. The maximum atomic E-state index is 12.7. The molecule has 0 aliphatic rings. The summed E-state index contributed by atoms with van der Waals surface area (Å²) in [5.41, 5.74) is -1.62. The first-order chi connectivity index (χ1) is 7.77. The molecule has 0 saturated carbocycles. The lowest BCUT2D eigenvalue weighted by Gasteiger charge is -2.13. The van der Waals surface area contributed by atoms with Crippen molar-refractivity contribution in [3.05, 3.63) is 27.7 Å². The fourth-order valence-electron chi connectivity index (χ4n) is 1.28. The van der Waals surface area contributed by atoms with E-state index < -0.39 is 28.8 Å². The summed E-state index contributed by atoms with van der Waals surface area (Å²) in [5.74, 6) is -1.25. The van der Waals surface area contributed by atoms with E-state index in [0.717, 1.165) is 6.07 Å². The number of benzene rings is 1. The van der Waals surface area contributed by atoms with Crippen LogP contribution in [0, 0.1) is 0 Å². The molecular formula is C10H9BrF3NO2. The maximum absolute atomic E-state index is 12.7. The van der Waals surface area contributed by atoms with Crippen LogP contribution in [-0.2, 0) is 6.18 Å². The van der Waals surface area contributed by atoms with Gasteiger partial charge < -0.3 is 10.4 Å². The van der Waals surface area contributed by atoms with Crippen molar-refractivity contribution in [2.24, 2.45) is 0 Å². The van der Waals surface area contributed by atoms with Gasteiger partial charge in [-0.25, -0.2) is 0 Å². The van der Waals surface area contributed by atoms with Gasteiger partial charge in [-0.05, 0) is 35.1 Å². The van der Waals surface area contributed by atoms with Crippen LogP contribution in [-0.4, -0.2) is 24.5 Å². The zero-order chi connectivity index (χ0) is 13.2. The third kappa shape index (κ3) is 3.19. The molecule has 94 valence electrons. The van der Waals surface area contributed by atoms with Gasteiger partial charge in [0.25, 0.3) is 0 Å². The summed E-state index contributed by atoms with van der Waals surface area (Å²) < 4.78 is 38.0. The largest absolute Gasteiger partial charge is 0.507 e. The van der Waals surface area contributed by atoms with Crippen molar-refractivity contribution in [1.82, 2.24) is 5.32 Å². The third-order valence-corrected chi connectivity index (χ3v) is 2.67. The predicted octanol–water partition coefficient (Wildman–Crippen LogP) is 2.58. The van der Waals surface area contributed by atoms with Crippen molar-refractivity contribution in [2.45, 2.75) is 6.18 Å². The first kappa shape index (κ1) is 14.0. The highest BCUT2D eigenvalue weighted by molar-refractivity contribution is 9.10. The van der Waals surface area contributed by atoms with Crippen LogP contribution in [0.4, 0.5) is 13.2 Å². The number of ketones is 1. The summed E-state index contributed by atoms with van der Waals surface area (Å²) in [6.45, 7) is -0.208. The molecule has 3 nitrogen and oxygen atoms in total. The van der Waals surface area contributed by atoms with Crippen LogP contribution < -0.4 is 5.32 Å². The highest BCUT2D eigenvalue weighted by Gasteiger charge is 2.36. The first-order valence-electron chi connectivity index (χ1n) is 4.55. The second-order valence-corrected chi connectivity index (χ2v) is 4.15. The average Bonchev–Trinajstić information content (AvgIpc) is 2.20. The lowest BCUT2D eigenvalue weighted by molar-refractivity contribution is -0.138. The van der Waals surface area contributed by atoms with Crippen molar-refractivity contribution < 1.29 is 23.1 Å². The Labute approximate surface area is 104 Å². The summed E-state index contributed by atoms with van der Waals surface area (Å²) in [6, 6.07) is 1.50. The smallest absolute Gasteiger partial charge is 0.417 e. The van der Waals surface area contributed by atoms with Gasteiger partial charge in [0.2, 0.25) is 0 Å². The molecule has 2 N–H and O–H groups in total. The van der Waals surface area contributed by atoms with Crippen molar-refractivity contribution in [2.75, 3.05) is 13.6 Å². The summed E-state index contributed by atoms with van der Waals surface area (Å²) >= 11 is 2.88. The van der Waals surface area contributed by atoms with Crippen LogP contribution in [0.2, 0.25) is 0 Å². The Morgan fingerprint density at radius 1 is 1.47 bits per heavy atom.